The van der Waals surface area contributed by atoms with Crippen LogP contribution in [-0.4, -0.2) is 52.5 Å². The molecular formula is C19H25NO6. The Morgan fingerprint density at radius 3 is 2.65 bits per heavy atom. The summed E-state index contributed by atoms with van der Waals surface area (Å²) in [7, 11) is 0. The van der Waals surface area contributed by atoms with Gasteiger partial charge in [0.25, 0.3) is 0 Å². The molecule has 3 rings (SSSR count). The van der Waals surface area contributed by atoms with E-state index in [0.717, 1.165) is 5.56 Å². The second-order valence-electron chi connectivity index (χ2n) is 7.34. The first kappa shape index (κ1) is 18.8. The summed E-state index contributed by atoms with van der Waals surface area (Å²) in [6, 6.07) is 9.76. The number of carbonyl (C=O) groups excluding carboxylic acids is 2. The van der Waals surface area contributed by atoms with Crippen molar-refractivity contribution in [2.45, 2.75) is 44.1 Å². The predicted octanol–water partition coefficient (Wildman–Crippen LogP) is 0.383. The lowest BCUT2D eigenvalue weighted by molar-refractivity contribution is -0.150. The summed E-state index contributed by atoms with van der Waals surface area (Å²) in [5.74, 6) is -2.12. The summed E-state index contributed by atoms with van der Waals surface area (Å²) in [6.07, 6.45) is -0.552. The first-order valence-corrected chi connectivity index (χ1v) is 8.83. The molecule has 2 heterocycles. The van der Waals surface area contributed by atoms with Crippen molar-refractivity contribution in [3.05, 3.63) is 35.9 Å². The van der Waals surface area contributed by atoms with Crippen molar-refractivity contribution in [3.63, 3.8) is 0 Å². The summed E-state index contributed by atoms with van der Waals surface area (Å²) in [4.78, 5) is 24.4. The van der Waals surface area contributed by atoms with E-state index < -0.39 is 41.6 Å². The maximum absolute atomic E-state index is 12.3. The smallest absolute Gasteiger partial charge is 0.337 e. The van der Waals surface area contributed by atoms with Gasteiger partial charge in [-0.05, 0) is 17.9 Å². The van der Waals surface area contributed by atoms with E-state index in [0.29, 0.717) is 19.6 Å². The zero-order chi connectivity index (χ0) is 18.9. The Kier molecular flexibility index (Phi) is 5.05. The highest BCUT2D eigenvalue weighted by molar-refractivity contribution is 5.98. The Morgan fingerprint density at radius 2 is 2.00 bits per heavy atom. The number of carbonyl (C=O) groups is 2. The molecule has 0 aromatic heterocycles. The number of hydrogen-bond donors (Lipinski definition) is 3. The van der Waals surface area contributed by atoms with E-state index in [-0.39, 0.29) is 5.92 Å². The molecule has 0 aliphatic carbocycles. The molecule has 7 nitrogen and oxygen atoms in total. The average Bonchev–Trinajstić information content (AvgIpc) is 2.96. The van der Waals surface area contributed by atoms with Crippen LogP contribution in [0.1, 0.15) is 25.8 Å². The summed E-state index contributed by atoms with van der Waals surface area (Å²) in [5.41, 5.74) is -2.49. The molecule has 0 saturated carbocycles. The fourth-order valence-corrected chi connectivity index (χ4v) is 3.92. The van der Waals surface area contributed by atoms with Crippen LogP contribution < -0.4 is 5.32 Å². The van der Waals surface area contributed by atoms with Gasteiger partial charge in [-0.15, -0.1) is 0 Å². The molecule has 0 spiro atoms. The van der Waals surface area contributed by atoms with Gasteiger partial charge < -0.3 is 25.0 Å². The molecule has 2 aliphatic heterocycles. The number of benzene rings is 1. The molecule has 7 heteroatoms. The molecule has 0 bridgehead atoms. The maximum Gasteiger partial charge on any atom is 0.337 e. The first-order valence-electron chi connectivity index (χ1n) is 8.83. The molecule has 3 N–H and O–H groups in total. The number of ether oxygens (including phenoxy) is 2. The largest absolute Gasteiger partial charge is 0.457 e. The Labute approximate surface area is 152 Å². The van der Waals surface area contributed by atoms with Crippen molar-refractivity contribution in [3.8, 4) is 0 Å². The molecule has 1 aromatic rings. The maximum atomic E-state index is 12.3. The fourth-order valence-electron chi connectivity index (χ4n) is 3.92. The number of rotatable bonds is 7. The van der Waals surface area contributed by atoms with Crippen LogP contribution in [0.15, 0.2) is 30.3 Å². The minimum Gasteiger partial charge on any atom is -0.457 e. The van der Waals surface area contributed by atoms with Crippen molar-refractivity contribution in [1.82, 2.24) is 5.32 Å². The van der Waals surface area contributed by atoms with Crippen LogP contribution in [0.25, 0.3) is 0 Å². The molecule has 0 radical (unpaired) electrons. The van der Waals surface area contributed by atoms with Gasteiger partial charge in [0, 0.05) is 6.61 Å². The fraction of sp³-hybridized carbons (Fsp3) is 0.579. The number of aliphatic hydroxyl groups excluding tert-OH is 1. The molecule has 0 unspecified atom stereocenters. The van der Waals surface area contributed by atoms with Gasteiger partial charge in [-0.25, -0.2) is 4.79 Å². The average molecular weight is 363 g/mol. The quantitative estimate of drug-likeness (QED) is 0.605. The van der Waals surface area contributed by atoms with Gasteiger partial charge in [0.05, 0.1) is 19.1 Å². The van der Waals surface area contributed by atoms with Crippen LogP contribution in [-0.2, 0) is 25.7 Å². The minimum absolute atomic E-state index is 0.0158. The van der Waals surface area contributed by atoms with Crippen molar-refractivity contribution in [2.75, 3.05) is 13.2 Å². The monoisotopic (exact) mass is 363 g/mol. The third-order valence-electron chi connectivity index (χ3n) is 5.53. The normalized spacial score (nSPS) is 34.3. The van der Waals surface area contributed by atoms with Crippen molar-refractivity contribution < 1.29 is 29.3 Å². The molecule has 26 heavy (non-hydrogen) atoms. The van der Waals surface area contributed by atoms with Crippen LogP contribution in [0.2, 0.25) is 0 Å². The number of esters is 1. The SMILES string of the molecule is C[C@@H](COCc1ccccc1)C[C@@H]1OC(=O)[C@@]2(CO)NC(=O)[C@H](C)[C@@]12O. The summed E-state index contributed by atoms with van der Waals surface area (Å²) in [6.45, 7) is 3.65. The van der Waals surface area contributed by atoms with Crippen LogP contribution in [0.4, 0.5) is 0 Å². The number of nitrogens with one attached hydrogen (secondary N) is 1. The lowest BCUT2D eigenvalue weighted by Crippen LogP contribution is -2.64. The number of amides is 1. The topological polar surface area (TPSA) is 105 Å². The number of hydrogen-bond acceptors (Lipinski definition) is 6. The zero-order valence-electron chi connectivity index (χ0n) is 15.0. The Balaban J connectivity index is 1.64. The Hall–Kier alpha value is -1.96. The van der Waals surface area contributed by atoms with Gasteiger partial charge in [0.2, 0.25) is 5.91 Å². The molecule has 2 fully saturated rings. The summed E-state index contributed by atoms with van der Waals surface area (Å²) < 4.78 is 11.1. The molecule has 2 aliphatic rings. The molecular weight excluding hydrogens is 338 g/mol. The molecule has 5 atom stereocenters. The van der Waals surface area contributed by atoms with Crippen molar-refractivity contribution >= 4 is 11.9 Å². The van der Waals surface area contributed by atoms with Crippen LogP contribution >= 0.6 is 0 Å². The van der Waals surface area contributed by atoms with E-state index in [1.165, 1.54) is 6.92 Å². The van der Waals surface area contributed by atoms with Gasteiger partial charge in [-0.1, -0.05) is 44.2 Å². The second-order valence-corrected chi connectivity index (χ2v) is 7.34. The van der Waals surface area contributed by atoms with Gasteiger partial charge in [0.1, 0.15) is 11.7 Å². The Bertz CT molecular complexity index is 680. The molecule has 1 amide bonds. The predicted molar refractivity (Wildman–Crippen MR) is 91.8 cm³/mol. The Morgan fingerprint density at radius 1 is 1.31 bits per heavy atom. The number of aliphatic hydroxyl groups is 2. The summed E-state index contributed by atoms with van der Waals surface area (Å²) >= 11 is 0. The van der Waals surface area contributed by atoms with Crippen molar-refractivity contribution in [1.29, 1.82) is 0 Å². The lowest BCUT2D eigenvalue weighted by Gasteiger charge is -2.35. The van der Waals surface area contributed by atoms with E-state index in [9.17, 15) is 19.8 Å². The number of fused-ring (bicyclic) bond motifs is 1. The third-order valence-corrected chi connectivity index (χ3v) is 5.53. The third kappa shape index (κ3) is 2.80. The zero-order valence-corrected chi connectivity index (χ0v) is 15.0. The highest BCUT2D eigenvalue weighted by Crippen LogP contribution is 2.47. The van der Waals surface area contributed by atoms with Crippen molar-refractivity contribution in [2.24, 2.45) is 11.8 Å². The van der Waals surface area contributed by atoms with Crippen LogP contribution in [0.5, 0.6) is 0 Å². The lowest BCUT2D eigenvalue weighted by atomic mass is 9.73. The number of cyclic esters (lactones) is 1. The molecule has 142 valence electrons. The van der Waals surface area contributed by atoms with E-state index in [2.05, 4.69) is 5.32 Å². The first-order chi connectivity index (χ1) is 12.3. The summed E-state index contributed by atoms with van der Waals surface area (Å²) in [5, 5.41) is 23.3. The highest BCUT2D eigenvalue weighted by atomic mass is 16.6. The minimum atomic E-state index is -1.78. The van der Waals surface area contributed by atoms with Gasteiger partial charge in [-0.3, -0.25) is 4.79 Å². The van der Waals surface area contributed by atoms with Crippen LogP contribution in [0.3, 0.4) is 0 Å². The highest BCUT2D eigenvalue weighted by Gasteiger charge is 2.75. The standard InChI is InChI=1S/C19H25NO6/c1-12(9-25-10-14-6-4-3-5-7-14)8-15-19(24)13(2)16(22)20-18(19,11-21)17(23)26-15/h3-7,12-13,15,21,24H,8-11H2,1-2H3,(H,20,22)/t12-,13+,15+,18-,19-/m1/s1. The van der Waals surface area contributed by atoms with E-state index in [4.69, 9.17) is 9.47 Å². The van der Waals surface area contributed by atoms with Gasteiger partial charge >= 0.3 is 5.97 Å². The second kappa shape index (κ2) is 6.98. The molecule has 2 saturated heterocycles. The van der Waals surface area contributed by atoms with E-state index in [1.54, 1.807) is 0 Å². The van der Waals surface area contributed by atoms with Crippen LogP contribution in [0, 0.1) is 11.8 Å². The van der Waals surface area contributed by atoms with Gasteiger partial charge in [-0.2, -0.15) is 0 Å². The van der Waals surface area contributed by atoms with E-state index in [1.807, 2.05) is 37.3 Å². The van der Waals surface area contributed by atoms with Gasteiger partial charge in [0.15, 0.2) is 5.54 Å². The molecule has 1 aromatic carbocycles. The van der Waals surface area contributed by atoms with E-state index >= 15 is 0 Å².